The average Bonchev–Trinajstić information content (AvgIpc) is 3.69. The van der Waals surface area contributed by atoms with Crippen LogP contribution < -0.4 is 16.4 Å². The van der Waals surface area contributed by atoms with Crippen molar-refractivity contribution in [3.8, 4) is 11.3 Å². The Morgan fingerprint density at radius 1 is 0.528 bits per heavy atom. The van der Waals surface area contributed by atoms with Crippen LogP contribution in [0.25, 0.3) is 69.7 Å². The van der Waals surface area contributed by atoms with Gasteiger partial charge in [-0.05, 0) is 99.0 Å². The second kappa shape index (κ2) is 11.9. The summed E-state index contributed by atoms with van der Waals surface area (Å²) in [6.07, 6.45) is 0. The monoisotopic (exact) mass is 698 g/mol. The number of fused-ring (bicyclic) bond motifs is 9. The van der Waals surface area contributed by atoms with E-state index in [4.69, 9.17) is 4.98 Å². The van der Waals surface area contributed by atoms with Crippen LogP contribution in [0.1, 0.15) is 33.4 Å². The van der Waals surface area contributed by atoms with Crippen molar-refractivity contribution in [2.75, 3.05) is 0 Å². The second-order valence-electron chi connectivity index (χ2n) is 15.2. The molecule has 2 nitrogen and oxygen atoms in total. The molecule has 0 atom stereocenters. The van der Waals surface area contributed by atoms with Crippen molar-refractivity contribution in [1.82, 2.24) is 9.38 Å². The molecule has 0 aliphatic heterocycles. The molecule has 7 aromatic carbocycles. The molecular weight excluding hydrogens is 659 g/mol. The molecule has 0 aliphatic carbocycles. The summed E-state index contributed by atoms with van der Waals surface area (Å²) in [6.45, 7) is 13.7. The molecule has 0 saturated heterocycles. The predicted octanol–water partition coefficient (Wildman–Crippen LogP) is 11.2. The van der Waals surface area contributed by atoms with Crippen molar-refractivity contribution in [2.24, 2.45) is 0 Å². The largest absolute Gasteiger partial charge is 0.291 e. The fraction of sp³-hybridized carbons (Fsp3) is 0.122. The van der Waals surface area contributed by atoms with E-state index in [9.17, 15) is 0 Å². The van der Waals surface area contributed by atoms with Crippen LogP contribution in [0.3, 0.4) is 0 Å². The van der Waals surface area contributed by atoms with Gasteiger partial charge >= 0.3 is 0 Å². The van der Waals surface area contributed by atoms with Crippen LogP contribution in [0.2, 0.25) is 0 Å². The minimum absolute atomic E-state index is 0.127. The molecule has 10 aromatic rings. The maximum atomic E-state index is 5.40. The highest BCUT2D eigenvalue weighted by molar-refractivity contribution is 7.26. The van der Waals surface area contributed by atoms with E-state index >= 15 is 0 Å². The number of hydrogen-bond donors (Lipinski definition) is 0. The van der Waals surface area contributed by atoms with Crippen molar-refractivity contribution >= 4 is 92.8 Å². The Morgan fingerprint density at radius 3 is 1.64 bits per heavy atom. The molecule has 0 radical (unpaired) electrons. The smallest absolute Gasteiger partial charge is 0.242 e. The lowest BCUT2D eigenvalue weighted by atomic mass is 9.34. The maximum Gasteiger partial charge on any atom is 0.242 e. The predicted molar refractivity (Wildman–Crippen MR) is 232 cm³/mol. The van der Waals surface area contributed by atoms with Crippen LogP contribution in [0.4, 0.5) is 0 Å². The molecule has 0 amide bonds. The van der Waals surface area contributed by atoms with E-state index in [2.05, 4.69) is 173 Å². The zero-order chi connectivity index (χ0) is 36.1. The summed E-state index contributed by atoms with van der Waals surface area (Å²) in [5.74, 6) is 0. The average molecular weight is 699 g/mol. The van der Waals surface area contributed by atoms with Crippen LogP contribution in [-0.2, 0) is 0 Å². The number of benzene rings is 7. The lowest BCUT2D eigenvalue weighted by Gasteiger charge is -2.25. The van der Waals surface area contributed by atoms with Crippen molar-refractivity contribution in [1.29, 1.82) is 0 Å². The topological polar surface area (TPSA) is 17.3 Å². The highest BCUT2D eigenvalue weighted by Crippen LogP contribution is 2.42. The van der Waals surface area contributed by atoms with E-state index in [1.807, 2.05) is 11.3 Å². The molecule has 0 spiro atoms. The molecular formula is C49H39BN2S. The summed E-state index contributed by atoms with van der Waals surface area (Å²) < 4.78 is 4.93. The molecule has 0 N–H and O–H groups in total. The van der Waals surface area contributed by atoms with Crippen molar-refractivity contribution in [3.63, 3.8) is 0 Å². The number of hydrogen-bond acceptors (Lipinski definition) is 2. The molecule has 0 saturated carbocycles. The van der Waals surface area contributed by atoms with Crippen molar-refractivity contribution in [2.45, 2.75) is 41.5 Å². The lowest BCUT2D eigenvalue weighted by molar-refractivity contribution is 1.25. The van der Waals surface area contributed by atoms with Gasteiger partial charge in [0.05, 0.1) is 21.4 Å². The van der Waals surface area contributed by atoms with Crippen LogP contribution in [0.5, 0.6) is 0 Å². The summed E-state index contributed by atoms with van der Waals surface area (Å²) >= 11 is 1.85. The lowest BCUT2D eigenvalue weighted by Crippen LogP contribution is -2.55. The quantitative estimate of drug-likeness (QED) is 0.167. The van der Waals surface area contributed by atoms with Gasteiger partial charge in [0.25, 0.3) is 0 Å². The van der Waals surface area contributed by atoms with Gasteiger partial charge in [-0.1, -0.05) is 147 Å². The number of aromatic nitrogens is 2. The first-order chi connectivity index (χ1) is 25.7. The van der Waals surface area contributed by atoms with Gasteiger partial charge in [-0.3, -0.25) is 4.40 Å². The first-order valence-electron chi connectivity index (χ1n) is 18.6. The number of rotatable bonds is 4. The number of pyridine rings is 1. The maximum absolute atomic E-state index is 5.40. The highest BCUT2D eigenvalue weighted by Gasteiger charge is 2.29. The summed E-state index contributed by atoms with van der Waals surface area (Å²) in [5, 5.41) is 7.52. The van der Waals surface area contributed by atoms with Crippen LogP contribution in [0.15, 0.2) is 127 Å². The molecule has 3 heterocycles. The second-order valence-corrected chi connectivity index (χ2v) is 16.3. The molecule has 53 heavy (non-hydrogen) atoms. The van der Waals surface area contributed by atoms with Gasteiger partial charge in [0.15, 0.2) is 5.65 Å². The van der Waals surface area contributed by atoms with Gasteiger partial charge in [0.2, 0.25) is 6.71 Å². The summed E-state index contributed by atoms with van der Waals surface area (Å²) in [7, 11) is 0. The summed E-state index contributed by atoms with van der Waals surface area (Å²) in [4.78, 5) is 5.40. The van der Waals surface area contributed by atoms with Crippen LogP contribution >= 0.6 is 11.3 Å². The first kappa shape index (κ1) is 32.0. The SMILES string of the molecule is Cc1cc(C)c(B(c2ccc(-c3cc4c5cc6ccccc6cc5sc4c4nc5cc6ccccc6cc5n34)cc2)c2c(C)cc(C)cc2C)c(C)c1. The van der Waals surface area contributed by atoms with Gasteiger partial charge in [-0.25, -0.2) is 4.98 Å². The van der Waals surface area contributed by atoms with Crippen molar-refractivity contribution in [3.05, 3.63) is 161 Å². The van der Waals surface area contributed by atoms with Gasteiger partial charge in [0.1, 0.15) is 0 Å². The molecule has 10 rings (SSSR count). The van der Waals surface area contributed by atoms with E-state index in [0.717, 1.165) is 22.4 Å². The standard InChI is InChI=1S/C49H39BN2S/c1-28-19-30(3)46(31(4)20-28)50(47-32(5)21-29(2)22-33(47)6)39-17-15-34(16-18-39)43-27-41-40-23-35-11-7-10-14-38(35)26-45(40)53-48(41)49-51-42-24-36-12-8-9-13-37(36)25-44(42)52(43)49/h7-27H,1-6H3. The Balaban J connectivity index is 1.24. The Hall–Kier alpha value is -5.71. The molecule has 254 valence electrons. The van der Waals surface area contributed by atoms with Gasteiger partial charge in [-0.15, -0.1) is 11.3 Å². The van der Waals surface area contributed by atoms with Gasteiger partial charge in [-0.2, -0.15) is 0 Å². The minimum Gasteiger partial charge on any atom is -0.291 e. The van der Waals surface area contributed by atoms with E-state index < -0.39 is 0 Å². The molecule has 3 aromatic heterocycles. The number of thiophene rings is 1. The van der Waals surface area contributed by atoms with E-state index in [1.54, 1.807) is 0 Å². The molecule has 0 aliphatic rings. The van der Waals surface area contributed by atoms with Gasteiger partial charge in [0, 0.05) is 15.5 Å². The summed E-state index contributed by atoms with van der Waals surface area (Å²) in [6, 6.07) is 47.8. The van der Waals surface area contributed by atoms with Crippen LogP contribution in [0, 0.1) is 41.5 Å². The van der Waals surface area contributed by atoms with Crippen molar-refractivity contribution < 1.29 is 0 Å². The van der Waals surface area contributed by atoms with E-state index in [0.29, 0.717) is 0 Å². The Morgan fingerprint density at radius 2 is 1.06 bits per heavy atom. The molecule has 0 unspecified atom stereocenters. The van der Waals surface area contributed by atoms with Crippen LogP contribution in [-0.4, -0.2) is 16.1 Å². The Bertz CT molecular complexity index is 3020. The fourth-order valence-corrected chi connectivity index (χ4v) is 10.5. The summed E-state index contributed by atoms with van der Waals surface area (Å²) in [5.41, 5.74) is 17.6. The third kappa shape index (κ3) is 5.04. The number of aryl methyl sites for hydroxylation is 6. The van der Waals surface area contributed by atoms with E-state index in [1.165, 1.54) is 97.0 Å². The van der Waals surface area contributed by atoms with E-state index in [-0.39, 0.29) is 6.71 Å². The Labute approximate surface area is 314 Å². The third-order valence-electron chi connectivity index (χ3n) is 11.4. The van der Waals surface area contributed by atoms with Gasteiger partial charge < -0.3 is 0 Å². The number of nitrogens with zero attached hydrogens (tertiary/aromatic N) is 2. The normalized spacial score (nSPS) is 12.0. The molecule has 0 fully saturated rings. The minimum atomic E-state index is 0.127. The third-order valence-corrected chi connectivity index (χ3v) is 12.6. The fourth-order valence-electron chi connectivity index (χ4n) is 9.30. The first-order valence-corrected chi connectivity index (χ1v) is 19.4. The zero-order valence-corrected chi connectivity index (χ0v) is 31.8. The highest BCUT2D eigenvalue weighted by atomic mass is 32.1. The molecule has 0 bridgehead atoms. The number of imidazole rings is 1. The Kier molecular flexibility index (Phi) is 7.19. The molecule has 4 heteroatoms. The zero-order valence-electron chi connectivity index (χ0n) is 31.0.